The van der Waals surface area contributed by atoms with Crippen molar-refractivity contribution in [1.29, 1.82) is 0 Å². The summed E-state index contributed by atoms with van der Waals surface area (Å²) < 4.78 is 12.4. The summed E-state index contributed by atoms with van der Waals surface area (Å²) >= 11 is 2.30. The first-order chi connectivity index (χ1) is 17.3. The molecular formula is C29H32IN3O3. The van der Waals surface area contributed by atoms with Crippen LogP contribution in [-0.4, -0.2) is 36.4 Å². The zero-order chi connectivity index (χ0) is 25.5. The molecule has 6 nitrogen and oxygen atoms in total. The molecule has 0 atom stereocenters. The topological polar surface area (TPSA) is 72.5 Å². The molecule has 4 rings (SSSR count). The Bertz CT molecular complexity index is 1300. The van der Waals surface area contributed by atoms with Crippen LogP contribution in [0.25, 0.3) is 21.8 Å². The molecule has 0 saturated carbocycles. The van der Waals surface area contributed by atoms with Gasteiger partial charge in [0.1, 0.15) is 11.4 Å². The highest BCUT2D eigenvalue weighted by Crippen LogP contribution is 2.30. The van der Waals surface area contributed by atoms with Crippen molar-refractivity contribution in [1.82, 2.24) is 10.3 Å². The molecule has 36 heavy (non-hydrogen) atoms. The van der Waals surface area contributed by atoms with E-state index >= 15 is 0 Å². The van der Waals surface area contributed by atoms with Gasteiger partial charge in [0.05, 0.1) is 26.9 Å². The predicted molar refractivity (Wildman–Crippen MR) is 155 cm³/mol. The molecule has 4 aromatic rings. The number of benzene rings is 3. The predicted octanol–water partition coefficient (Wildman–Crippen LogP) is 6.94. The van der Waals surface area contributed by atoms with Crippen LogP contribution in [0.5, 0.6) is 5.75 Å². The first kappa shape index (κ1) is 26.0. The minimum Gasteiger partial charge on any atom is -0.492 e. The molecule has 0 aliphatic heterocycles. The molecule has 0 radical (unpaired) electrons. The van der Waals surface area contributed by atoms with Crippen LogP contribution in [0.3, 0.4) is 0 Å². The van der Waals surface area contributed by atoms with Gasteiger partial charge in [0.25, 0.3) is 0 Å². The second-order valence-electron chi connectivity index (χ2n) is 9.59. The van der Waals surface area contributed by atoms with Crippen molar-refractivity contribution in [3.05, 3.63) is 75.9 Å². The van der Waals surface area contributed by atoms with Gasteiger partial charge in [-0.05, 0) is 86.0 Å². The number of pyridine rings is 1. The van der Waals surface area contributed by atoms with Gasteiger partial charge >= 0.3 is 6.09 Å². The third-order valence-corrected chi connectivity index (χ3v) is 6.39. The van der Waals surface area contributed by atoms with Crippen LogP contribution in [0.15, 0.2) is 66.7 Å². The highest BCUT2D eigenvalue weighted by Gasteiger charge is 2.15. The summed E-state index contributed by atoms with van der Waals surface area (Å²) in [6.07, 6.45) is 1.20. The highest BCUT2D eigenvalue weighted by atomic mass is 127. The minimum absolute atomic E-state index is 0.390. The van der Waals surface area contributed by atoms with E-state index in [1.165, 1.54) is 0 Å². The SMILES string of the molecule is CC(C)(C)OC(=O)NCCc1ccc(OCCCNc2c3ccccc3nc3ccccc23)c(I)c1. The van der Waals surface area contributed by atoms with Gasteiger partial charge in [0.15, 0.2) is 0 Å². The molecule has 0 spiro atoms. The van der Waals surface area contributed by atoms with Gasteiger partial charge in [0.2, 0.25) is 0 Å². The Labute approximate surface area is 225 Å². The van der Waals surface area contributed by atoms with Crippen LogP contribution in [0.2, 0.25) is 0 Å². The third kappa shape index (κ3) is 7.00. The number of alkyl carbamates (subject to hydrolysis) is 1. The number of hydrogen-bond acceptors (Lipinski definition) is 5. The lowest BCUT2D eigenvalue weighted by molar-refractivity contribution is 0.0528. The maximum atomic E-state index is 11.8. The maximum absolute atomic E-state index is 11.8. The zero-order valence-electron chi connectivity index (χ0n) is 20.9. The quantitative estimate of drug-likeness (QED) is 0.124. The van der Waals surface area contributed by atoms with Gasteiger partial charge in [-0.3, -0.25) is 0 Å². The Kier molecular flexibility index (Phi) is 8.51. The van der Waals surface area contributed by atoms with Crippen molar-refractivity contribution in [2.75, 3.05) is 25.0 Å². The molecule has 0 aliphatic carbocycles. The van der Waals surface area contributed by atoms with Crippen LogP contribution < -0.4 is 15.4 Å². The second kappa shape index (κ2) is 11.8. The fourth-order valence-electron chi connectivity index (χ4n) is 3.94. The number of halogens is 1. The van der Waals surface area contributed by atoms with Gasteiger partial charge in [-0.2, -0.15) is 0 Å². The van der Waals surface area contributed by atoms with Gasteiger partial charge < -0.3 is 20.1 Å². The molecule has 1 aromatic heterocycles. The Morgan fingerprint density at radius 2 is 1.61 bits per heavy atom. The van der Waals surface area contributed by atoms with E-state index in [0.717, 1.165) is 61.8 Å². The molecule has 0 unspecified atom stereocenters. The molecule has 188 valence electrons. The molecule has 7 heteroatoms. The summed E-state index contributed by atoms with van der Waals surface area (Å²) in [6.45, 7) is 7.49. The maximum Gasteiger partial charge on any atom is 0.407 e. The lowest BCUT2D eigenvalue weighted by Crippen LogP contribution is -2.33. The molecule has 1 heterocycles. The first-order valence-corrected chi connectivity index (χ1v) is 13.3. The Balaban J connectivity index is 1.27. The highest BCUT2D eigenvalue weighted by molar-refractivity contribution is 14.1. The molecule has 2 N–H and O–H groups in total. The molecule has 0 bridgehead atoms. The number of nitrogens with zero attached hydrogens (tertiary/aromatic N) is 1. The summed E-state index contributed by atoms with van der Waals surface area (Å²) in [6, 6.07) is 22.6. The number of carbonyl (C=O) groups excluding carboxylic acids is 1. The Hall–Kier alpha value is -3.07. The van der Waals surface area contributed by atoms with Crippen molar-refractivity contribution in [2.24, 2.45) is 0 Å². The number of nitrogens with one attached hydrogen (secondary N) is 2. The van der Waals surface area contributed by atoms with Gasteiger partial charge in [0, 0.05) is 23.9 Å². The third-order valence-electron chi connectivity index (χ3n) is 5.55. The van der Waals surface area contributed by atoms with Crippen molar-refractivity contribution in [3.8, 4) is 5.75 Å². The van der Waals surface area contributed by atoms with Gasteiger partial charge in [-0.15, -0.1) is 0 Å². The number of ether oxygens (including phenoxy) is 2. The van der Waals surface area contributed by atoms with Crippen molar-refractivity contribution < 1.29 is 14.3 Å². The molecule has 3 aromatic carbocycles. The fourth-order valence-corrected chi connectivity index (χ4v) is 4.67. The normalized spacial score (nSPS) is 11.4. The van der Waals surface area contributed by atoms with Crippen LogP contribution in [0, 0.1) is 3.57 Å². The van der Waals surface area contributed by atoms with E-state index in [9.17, 15) is 4.79 Å². The second-order valence-corrected chi connectivity index (χ2v) is 10.8. The van der Waals surface area contributed by atoms with Crippen molar-refractivity contribution in [3.63, 3.8) is 0 Å². The molecule has 0 saturated heterocycles. The summed E-state index contributed by atoms with van der Waals surface area (Å²) in [5.41, 5.74) is 3.75. The van der Waals surface area contributed by atoms with E-state index in [1.807, 2.05) is 57.2 Å². The number of aromatic nitrogens is 1. The van der Waals surface area contributed by atoms with E-state index in [1.54, 1.807) is 0 Å². The first-order valence-electron chi connectivity index (χ1n) is 12.2. The monoisotopic (exact) mass is 597 g/mol. The number of anilines is 1. The van der Waals surface area contributed by atoms with E-state index in [-0.39, 0.29) is 0 Å². The van der Waals surface area contributed by atoms with Crippen LogP contribution >= 0.6 is 22.6 Å². The molecule has 1 amide bonds. The molecule has 0 aliphatic rings. The van der Waals surface area contributed by atoms with Crippen LogP contribution in [0.4, 0.5) is 10.5 Å². The largest absolute Gasteiger partial charge is 0.492 e. The lowest BCUT2D eigenvalue weighted by Gasteiger charge is -2.19. The summed E-state index contributed by atoms with van der Waals surface area (Å²) in [7, 11) is 0. The van der Waals surface area contributed by atoms with E-state index in [4.69, 9.17) is 14.5 Å². The number of para-hydroxylation sites is 2. The smallest absolute Gasteiger partial charge is 0.407 e. The number of rotatable bonds is 9. The summed E-state index contributed by atoms with van der Waals surface area (Å²) in [5, 5.41) is 8.68. The van der Waals surface area contributed by atoms with Crippen LogP contribution in [0.1, 0.15) is 32.8 Å². The van der Waals surface area contributed by atoms with Crippen molar-refractivity contribution in [2.45, 2.75) is 39.2 Å². The Morgan fingerprint density at radius 3 is 2.25 bits per heavy atom. The van der Waals surface area contributed by atoms with E-state index < -0.39 is 11.7 Å². The molecular weight excluding hydrogens is 565 g/mol. The fraction of sp³-hybridized carbons (Fsp3) is 0.310. The number of amides is 1. The lowest BCUT2D eigenvalue weighted by atomic mass is 10.1. The zero-order valence-corrected chi connectivity index (χ0v) is 23.1. The number of carbonyl (C=O) groups is 1. The van der Waals surface area contributed by atoms with E-state index in [2.05, 4.69) is 63.6 Å². The number of fused-ring (bicyclic) bond motifs is 2. The minimum atomic E-state index is -0.492. The average molecular weight is 597 g/mol. The average Bonchev–Trinajstić information content (AvgIpc) is 2.83. The summed E-state index contributed by atoms with van der Waals surface area (Å²) in [5.74, 6) is 0.874. The molecule has 0 fully saturated rings. The summed E-state index contributed by atoms with van der Waals surface area (Å²) in [4.78, 5) is 16.6. The van der Waals surface area contributed by atoms with Crippen molar-refractivity contribution >= 4 is 56.2 Å². The van der Waals surface area contributed by atoms with Gasteiger partial charge in [-0.1, -0.05) is 42.5 Å². The van der Waals surface area contributed by atoms with Gasteiger partial charge in [-0.25, -0.2) is 9.78 Å². The van der Waals surface area contributed by atoms with Crippen LogP contribution in [-0.2, 0) is 11.2 Å². The standard InChI is InChI=1S/C29H32IN3O3/c1-29(2,3)36-28(34)32-17-15-20-13-14-26(23(30)19-20)35-18-8-16-31-27-21-9-4-6-11-24(21)33-25-12-7-5-10-22(25)27/h4-7,9-14,19H,8,15-18H2,1-3H3,(H,31,33)(H,32,34). The van der Waals surface area contributed by atoms with E-state index in [0.29, 0.717) is 13.2 Å². The Morgan fingerprint density at radius 1 is 0.944 bits per heavy atom. The number of hydrogen-bond donors (Lipinski definition) is 2.